The van der Waals surface area contributed by atoms with Crippen molar-refractivity contribution in [2.24, 2.45) is 0 Å². The zero-order valence-corrected chi connectivity index (χ0v) is 19.5. The summed E-state index contributed by atoms with van der Waals surface area (Å²) in [5.74, 6) is -0.679. The monoisotopic (exact) mass is 447 g/mol. The zero-order valence-electron chi connectivity index (χ0n) is 19.5. The maximum Gasteiger partial charge on any atom is 0.250 e. The molecule has 2 atom stereocenters. The second-order valence-corrected chi connectivity index (χ2v) is 8.65. The van der Waals surface area contributed by atoms with Crippen molar-refractivity contribution in [1.82, 2.24) is 15.3 Å². The Morgan fingerprint density at radius 3 is 2.31 bits per heavy atom. The van der Waals surface area contributed by atoms with Crippen LogP contribution in [0.5, 0.6) is 0 Å². The Balaban J connectivity index is 0.000000195. The van der Waals surface area contributed by atoms with E-state index in [1.165, 1.54) is 11.4 Å². The summed E-state index contributed by atoms with van der Waals surface area (Å²) >= 11 is 0. The van der Waals surface area contributed by atoms with E-state index in [-0.39, 0.29) is 17.4 Å². The standard InChI is InChI=1S/C13H14N3O3.C10H21NO2/c1-2-7-15-11-10(14-16(15)19)12(17)8-5-3-4-6-9(8)13(11)18;1-4-6-11(3)7-5-10(2)12-8-9-13-10/h3-6,10-11H,2,7H2,1H3,(H,14,19);4-9H2,1-3H3/q+1;. The number of hydrogen-bond acceptors (Lipinski definition) is 6. The molecule has 0 radical (unpaired) electrons. The van der Waals surface area contributed by atoms with Gasteiger partial charge in [-0.15, -0.1) is 5.43 Å². The van der Waals surface area contributed by atoms with Crippen LogP contribution < -0.4 is 5.43 Å². The van der Waals surface area contributed by atoms with E-state index in [2.05, 4.69) is 24.3 Å². The predicted molar refractivity (Wildman–Crippen MR) is 119 cm³/mol. The average Bonchev–Trinajstić information content (AvgIpc) is 3.36. The number of nitroso groups, excluding NO2 is 1. The minimum Gasteiger partial charge on any atom is -0.348 e. The van der Waals surface area contributed by atoms with Gasteiger partial charge in [0.25, 0.3) is 0 Å². The van der Waals surface area contributed by atoms with Crippen molar-refractivity contribution < 1.29 is 24.0 Å². The summed E-state index contributed by atoms with van der Waals surface area (Å²) in [6.07, 6.45) is 2.89. The number of Topliss-reactive ketones (excluding diaryl/α,β-unsaturated/α-hetero) is 2. The van der Waals surface area contributed by atoms with E-state index in [1.807, 2.05) is 13.8 Å². The molecule has 2 heterocycles. The first kappa shape index (κ1) is 24.3. The third kappa shape index (κ3) is 5.16. The van der Waals surface area contributed by atoms with Crippen LogP contribution in [0.2, 0.25) is 0 Å². The Morgan fingerprint density at radius 2 is 1.72 bits per heavy atom. The van der Waals surface area contributed by atoms with E-state index in [9.17, 15) is 14.5 Å². The molecule has 2 fully saturated rings. The normalized spacial score (nSPS) is 23.5. The van der Waals surface area contributed by atoms with Gasteiger partial charge in [-0.25, -0.2) is 0 Å². The Bertz CT molecular complexity index is 839. The summed E-state index contributed by atoms with van der Waals surface area (Å²) in [6.45, 7) is 10.3. The summed E-state index contributed by atoms with van der Waals surface area (Å²) in [5, 5.41) is 1.39. The van der Waals surface area contributed by atoms with Crippen LogP contribution >= 0.6 is 0 Å². The number of carbonyl (C=O) groups excluding carboxylic acids is 2. The molecule has 9 heteroatoms. The topological polar surface area (TPSA) is 91.2 Å². The summed E-state index contributed by atoms with van der Waals surface area (Å²) in [5.41, 5.74) is 3.35. The quantitative estimate of drug-likeness (QED) is 0.636. The molecule has 32 heavy (non-hydrogen) atoms. The van der Waals surface area contributed by atoms with Gasteiger partial charge in [-0.3, -0.25) is 9.59 Å². The lowest BCUT2D eigenvalue weighted by Gasteiger charge is -2.25. The zero-order chi connectivity index (χ0) is 23.3. The average molecular weight is 448 g/mol. The van der Waals surface area contributed by atoms with E-state index >= 15 is 0 Å². The number of carbonyl (C=O) groups is 2. The van der Waals surface area contributed by atoms with Crippen molar-refractivity contribution in [2.75, 3.05) is 39.9 Å². The lowest BCUT2D eigenvalue weighted by atomic mass is 9.83. The maximum atomic E-state index is 12.5. The fourth-order valence-electron chi connectivity index (χ4n) is 4.32. The Morgan fingerprint density at radius 1 is 1.09 bits per heavy atom. The summed E-state index contributed by atoms with van der Waals surface area (Å²) in [7, 11) is 2.14. The molecule has 0 amide bonds. The first-order valence-electron chi connectivity index (χ1n) is 11.4. The number of hydrogen-bond donors (Lipinski definition) is 1. The second kappa shape index (κ2) is 10.5. The molecule has 1 N–H and O–H groups in total. The molecule has 1 aliphatic carbocycles. The molecule has 0 aromatic heterocycles. The van der Waals surface area contributed by atoms with E-state index in [0.29, 0.717) is 22.6 Å². The van der Waals surface area contributed by atoms with Gasteiger partial charge in [0.15, 0.2) is 29.4 Å². The van der Waals surface area contributed by atoms with Gasteiger partial charge < -0.3 is 14.4 Å². The van der Waals surface area contributed by atoms with Gasteiger partial charge in [0.05, 0.1) is 24.7 Å². The highest BCUT2D eigenvalue weighted by Crippen LogP contribution is 2.28. The van der Waals surface area contributed by atoms with Crippen LogP contribution in [0.25, 0.3) is 0 Å². The van der Waals surface area contributed by atoms with Gasteiger partial charge in [-0.2, -0.15) is 0 Å². The maximum absolute atomic E-state index is 12.5. The number of ether oxygens (including phenoxy) is 2. The second-order valence-electron chi connectivity index (χ2n) is 8.65. The van der Waals surface area contributed by atoms with Crippen LogP contribution in [0.15, 0.2) is 24.3 Å². The minimum absolute atomic E-state index is 0.167. The van der Waals surface area contributed by atoms with E-state index < -0.39 is 12.1 Å². The van der Waals surface area contributed by atoms with Crippen molar-refractivity contribution in [3.8, 4) is 0 Å². The molecule has 4 rings (SSSR count). The first-order chi connectivity index (χ1) is 15.3. The van der Waals surface area contributed by atoms with Gasteiger partial charge >= 0.3 is 0 Å². The van der Waals surface area contributed by atoms with Crippen LogP contribution in [0, 0.1) is 4.91 Å². The molecule has 1 aromatic carbocycles. The third-order valence-electron chi connectivity index (χ3n) is 6.03. The van der Waals surface area contributed by atoms with Gasteiger partial charge in [-0.05, 0) is 33.4 Å². The lowest BCUT2D eigenvalue weighted by molar-refractivity contribution is -0.732. The summed E-state index contributed by atoms with van der Waals surface area (Å²) in [6, 6.07) is 5.23. The Kier molecular flexibility index (Phi) is 7.97. The van der Waals surface area contributed by atoms with Crippen LogP contribution in [0.1, 0.15) is 60.7 Å². The molecule has 1 aromatic rings. The molecule has 9 nitrogen and oxygen atoms in total. The van der Waals surface area contributed by atoms with E-state index in [0.717, 1.165) is 39.1 Å². The smallest absolute Gasteiger partial charge is 0.250 e. The van der Waals surface area contributed by atoms with E-state index in [4.69, 9.17) is 9.47 Å². The Hall–Kier alpha value is -2.36. The Labute approximate surface area is 189 Å². The van der Waals surface area contributed by atoms with Gasteiger partial charge in [0, 0.05) is 24.1 Å². The van der Waals surface area contributed by atoms with Crippen LogP contribution in [-0.2, 0) is 9.47 Å². The lowest BCUT2D eigenvalue weighted by Crippen LogP contribution is -2.51. The molecular weight excluding hydrogens is 412 g/mol. The number of nitrogens with zero attached hydrogens (tertiary/aromatic N) is 3. The fourth-order valence-corrected chi connectivity index (χ4v) is 4.32. The fraction of sp³-hybridized carbons (Fsp3) is 0.652. The molecule has 176 valence electrons. The van der Waals surface area contributed by atoms with Gasteiger partial charge in [0.2, 0.25) is 4.98 Å². The number of fused-ring (bicyclic) bond motifs is 2. The van der Waals surface area contributed by atoms with Crippen molar-refractivity contribution in [3.63, 3.8) is 0 Å². The highest BCUT2D eigenvalue weighted by atomic mass is 16.7. The molecule has 2 aliphatic heterocycles. The van der Waals surface area contributed by atoms with Gasteiger partial charge in [0.1, 0.15) is 0 Å². The third-order valence-corrected chi connectivity index (χ3v) is 6.03. The molecule has 2 unspecified atom stereocenters. The molecule has 3 aliphatic rings. The largest absolute Gasteiger partial charge is 0.348 e. The number of ketones is 2. The highest BCUT2D eigenvalue weighted by molar-refractivity contribution is 6.19. The molecule has 0 bridgehead atoms. The van der Waals surface area contributed by atoms with Crippen molar-refractivity contribution >= 4 is 11.6 Å². The molecule has 2 saturated heterocycles. The number of hydrazine groups is 2. The predicted octanol–water partition coefficient (Wildman–Crippen LogP) is 2.21. The first-order valence-corrected chi connectivity index (χ1v) is 11.4. The van der Waals surface area contributed by atoms with Crippen molar-refractivity contribution in [1.29, 1.82) is 0 Å². The van der Waals surface area contributed by atoms with Crippen molar-refractivity contribution in [3.05, 3.63) is 40.3 Å². The van der Waals surface area contributed by atoms with Crippen LogP contribution in [0.3, 0.4) is 0 Å². The van der Waals surface area contributed by atoms with Gasteiger partial charge in [-0.1, -0.05) is 43.1 Å². The molecule has 0 spiro atoms. The molecular formula is C23H35N4O5+. The van der Waals surface area contributed by atoms with Crippen LogP contribution in [0.4, 0.5) is 0 Å². The summed E-state index contributed by atoms with van der Waals surface area (Å²) < 4.78 is 11.0. The highest BCUT2D eigenvalue weighted by Gasteiger charge is 2.57. The molecule has 0 saturated carbocycles. The SMILES string of the molecule is CCCN(C)CCC1(C)OCCO1.CCCN1C2C(=O)c3ccccc3C(=O)C2N[N+]1=O. The van der Waals surface area contributed by atoms with Crippen molar-refractivity contribution in [2.45, 2.75) is 57.9 Å². The summed E-state index contributed by atoms with van der Waals surface area (Å²) in [4.78, 5) is 39.5. The number of rotatable bonds is 7. The minimum atomic E-state index is -0.772. The number of nitrogens with one attached hydrogen (secondary N) is 1. The van der Waals surface area contributed by atoms with Crippen LogP contribution in [-0.4, -0.2) is 84.2 Å². The van der Waals surface area contributed by atoms with E-state index in [1.54, 1.807) is 24.3 Å². The number of benzene rings is 1.